The van der Waals surface area contributed by atoms with E-state index in [0.29, 0.717) is 18.8 Å². The van der Waals surface area contributed by atoms with Gasteiger partial charge in [0.25, 0.3) is 11.8 Å². The first-order chi connectivity index (χ1) is 17.8. The molecule has 1 fully saturated rings. The number of aliphatic hydroxyl groups is 1. The first-order valence-corrected chi connectivity index (χ1v) is 12.7. The number of benzene rings is 1. The maximum absolute atomic E-state index is 13.8. The van der Waals surface area contributed by atoms with Gasteiger partial charge in [-0.1, -0.05) is 38.1 Å². The van der Waals surface area contributed by atoms with Gasteiger partial charge in [-0.15, -0.1) is 0 Å². The number of nitrogens with zero attached hydrogens (tertiary/aromatic N) is 3. The number of aliphatic hydroxyl groups excluding tert-OH is 1. The molecule has 1 aromatic carbocycles. The van der Waals surface area contributed by atoms with Crippen molar-refractivity contribution in [2.75, 3.05) is 13.1 Å². The summed E-state index contributed by atoms with van der Waals surface area (Å²) in [5.41, 5.74) is 4.12. The van der Waals surface area contributed by atoms with E-state index in [2.05, 4.69) is 4.99 Å². The molecule has 1 saturated heterocycles. The van der Waals surface area contributed by atoms with E-state index in [9.17, 15) is 32.3 Å². The minimum absolute atomic E-state index is 0.0469. The molecule has 38 heavy (non-hydrogen) atoms. The fourth-order valence-electron chi connectivity index (χ4n) is 5.08. The molecule has 0 bridgehead atoms. The van der Waals surface area contributed by atoms with E-state index in [4.69, 9.17) is 5.73 Å². The Kier molecular flexibility index (Phi) is 7.69. The minimum Gasteiger partial charge on any atom is -0.388 e. The zero-order valence-electron chi connectivity index (χ0n) is 21.3. The predicted octanol–water partition coefficient (Wildman–Crippen LogP) is 3.97. The molecule has 2 amide bonds. The van der Waals surface area contributed by atoms with Gasteiger partial charge in [0.15, 0.2) is 11.5 Å². The molecule has 0 spiro atoms. The number of β-amino-alcohol motifs (C(OH)–C–C–N with tert-alkyl or cyclic N) is 1. The third kappa shape index (κ3) is 5.34. The van der Waals surface area contributed by atoms with Crippen LogP contribution in [0.1, 0.15) is 61.0 Å². The highest BCUT2D eigenvalue weighted by molar-refractivity contribution is 6.09. The van der Waals surface area contributed by atoms with Crippen molar-refractivity contribution in [2.45, 2.75) is 70.1 Å². The number of carbonyl (C=O) groups excluding carboxylic acids is 2. The van der Waals surface area contributed by atoms with Gasteiger partial charge in [-0.25, -0.2) is 9.38 Å². The van der Waals surface area contributed by atoms with Gasteiger partial charge < -0.3 is 15.7 Å². The van der Waals surface area contributed by atoms with Gasteiger partial charge in [-0.05, 0) is 54.9 Å². The van der Waals surface area contributed by atoms with Crippen molar-refractivity contribution in [3.8, 4) is 0 Å². The van der Waals surface area contributed by atoms with Crippen LogP contribution in [-0.4, -0.2) is 63.6 Å². The number of carbonyl (C=O) groups is 2. The van der Waals surface area contributed by atoms with Crippen molar-refractivity contribution in [2.24, 2.45) is 16.6 Å². The van der Waals surface area contributed by atoms with Crippen LogP contribution in [0.3, 0.4) is 0 Å². The molecule has 4 rings (SSSR count). The molecule has 0 radical (unpaired) electrons. The molecule has 3 N–H and O–H groups in total. The smallest absolute Gasteiger partial charge is 0.388 e. The second kappa shape index (κ2) is 10.5. The molecule has 2 unspecified atom stereocenters. The Morgan fingerprint density at radius 3 is 2.58 bits per heavy atom. The minimum atomic E-state index is -4.84. The highest BCUT2D eigenvalue weighted by atomic mass is 19.4. The number of allylic oxidation sites excluding steroid dienone is 2. The monoisotopic (exact) mass is 536 g/mol. The quantitative estimate of drug-likeness (QED) is 0.516. The van der Waals surface area contributed by atoms with E-state index >= 15 is 0 Å². The lowest BCUT2D eigenvalue weighted by Crippen LogP contribution is -2.45. The van der Waals surface area contributed by atoms with E-state index in [1.165, 1.54) is 11.0 Å². The maximum atomic E-state index is 13.8. The van der Waals surface area contributed by atoms with E-state index in [0.717, 1.165) is 35.4 Å². The van der Waals surface area contributed by atoms with Crippen LogP contribution in [0.25, 0.3) is 0 Å². The summed E-state index contributed by atoms with van der Waals surface area (Å²) in [6, 6.07) is 3.01. The molecule has 3 aliphatic rings. The fourth-order valence-corrected chi connectivity index (χ4v) is 5.08. The summed E-state index contributed by atoms with van der Waals surface area (Å²) in [6.45, 7) is 2.96. The summed E-state index contributed by atoms with van der Waals surface area (Å²) < 4.78 is 55.1. The highest BCUT2D eigenvalue weighted by Gasteiger charge is 2.49. The molecule has 1 aliphatic carbocycles. The van der Waals surface area contributed by atoms with Crippen LogP contribution in [0.2, 0.25) is 0 Å². The maximum Gasteiger partial charge on any atom is 0.417 e. The van der Waals surface area contributed by atoms with Crippen LogP contribution >= 0.6 is 0 Å². The molecule has 206 valence electrons. The molecule has 0 saturated carbocycles. The zero-order chi connectivity index (χ0) is 27.8. The van der Waals surface area contributed by atoms with Crippen LogP contribution in [0, 0.1) is 5.92 Å². The second-order valence-electron chi connectivity index (χ2n) is 10.5. The van der Waals surface area contributed by atoms with Gasteiger partial charge in [-0.3, -0.25) is 14.5 Å². The summed E-state index contributed by atoms with van der Waals surface area (Å²) in [7, 11) is 0. The number of halogens is 4. The van der Waals surface area contributed by atoms with Crippen molar-refractivity contribution in [1.29, 1.82) is 0 Å². The normalized spacial score (nSPS) is 25.8. The first-order valence-electron chi connectivity index (χ1n) is 12.7. The molecule has 11 heteroatoms. The second-order valence-corrected chi connectivity index (χ2v) is 10.5. The molecule has 2 aliphatic heterocycles. The third-order valence-electron chi connectivity index (χ3n) is 7.20. The van der Waals surface area contributed by atoms with Crippen molar-refractivity contribution in [3.63, 3.8) is 0 Å². The van der Waals surface area contributed by atoms with Crippen LogP contribution in [-0.2, 0) is 17.5 Å². The van der Waals surface area contributed by atoms with Gasteiger partial charge in [0.1, 0.15) is 12.3 Å². The number of amides is 2. The number of alkyl halides is 4. The Morgan fingerprint density at radius 1 is 1.26 bits per heavy atom. The first kappa shape index (κ1) is 27.8. The van der Waals surface area contributed by atoms with Gasteiger partial charge in [0.05, 0.1) is 24.2 Å². The largest absolute Gasteiger partial charge is 0.417 e. The van der Waals surface area contributed by atoms with E-state index in [1.807, 2.05) is 32.1 Å². The van der Waals surface area contributed by atoms with Gasteiger partial charge in [0.2, 0.25) is 0 Å². The highest BCUT2D eigenvalue weighted by Crippen LogP contribution is 2.39. The number of nitrogens with two attached hydrogens (primary N) is 1. The Balaban J connectivity index is 1.66. The molecule has 0 aromatic heterocycles. The number of hydrogen-bond donors (Lipinski definition) is 2. The Hall–Kier alpha value is -3.21. The average Bonchev–Trinajstić information content (AvgIpc) is 3.33. The SMILES string of the molecule is CC(C)CC[C@]1(C2=CCCC=C2)N=C(N)N(Cc2ccc(C(F)(F)F)c(C(=O)N3CC(O)C(F)C3)c2)C1=O. The van der Waals surface area contributed by atoms with Crippen molar-refractivity contribution >= 4 is 17.8 Å². The summed E-state index contributed by atoms with van der Waals surface area (Å²) in [4.78, 5) is 33.5. The van der Waals surface area contributed by atoms with Crippen molar-refractivity contribution in [3.05, 3.63) is 58.7 Å². The van der Waals surface area contributed by atoms with Gasteiger partial charge >= 0.3 is 6.18 Å². The fraction of sp³-hybridized carbons (Fsp3) is 0.519. The van der Waals surface area contributed by atoms with Crippen LogP contribution in [0.4, 0.5) is 17.6 Å². The van der Waals surface area contributed by atoms with Crippen LogP contribution in [0.15, 0.2) is 47.0 Å². The van der Waals surface area contributed by atoms with E-state index in [-0.39, 0.29) is 24.0 Å². The predicted molar refractivity (Wildman–Crippen MR) is 134 cm³/mol. The Morgan fingerprint density at radius 2 is 2.00 bits per heavy atom. The summed E-state index contributed by atoms with van der Waals surface area (Å²) >= 11 is 0. The van der Waals surface area contributed by atoms with E-state index < -0.39 is 54.1 Å². The lowest BCUT2D eigenvalue weighted by atomic mass is 9.81. The van der Waals surface area contributed by atoms with Crippen molar-refractivity contribution < 1.29 is 32.3 Å². The number of rotatable bonds is 7. The number of likely N-dealkylation sites (tertiary alicyclic amines) is 1. The summed E-state index contributed by atoms with van der Waals surface area (Å²) in [6.07, 6.45) is 0.510. The Labute approximate surface area is 218 Å². The molecular formula is C27H32F4N4O3. The summed E-state index contributed by atoms with van der Waals surface area (Å²) in [5, 5.41) is 9.66. The number of hydrogen-bond acceptors (Lipinski definition) is 5. The van der Waals surface area contributed by atoms with Gasteiger partial charge in [0, 0.05) is 6.54 Å². The molecule has 3 atom stereocenters. The van der Waals surface area contributed by atoms with Crippen LogP contribution in [0.5, 0.6) is 0 Å². The number of aliphatic imine (C=N–C) groups is 1. The molecule has 7 nitrogen and oxygen atoms in total. The molecule has 2 heterocycles. The lowest BCUT2D eigenvalue weighted by Gasteiger charge is -2.29. The van der Waals surface area contributed by atoms with Crippen LogP contribution < -0.4 is 5.73 Å². The molecule has 1 aromatic rings. The topological polar surface area (TPSA) is 99.2 Å². The standard InChI is InChI=1S/C27H32F4N4O3/c1-16(2)10-11-26(18-6-4-3-5-7-18)24(38)35(25(32)33-26)13-17-8-9-20(27(29,30)31)19(12-17)23(37)34-14-21(28)22(36)15-34/h4,6-9,12,16,21-22,36H,3,5,10-11,13-15H2,1-2H3,(H2,32,33)/t21?,22?,26-/m1/s1. The lowest BCUT2D eigenvalue weighted by molar-refractivity contribution is -0.138. The average molecular weight is 537 g/mol. The third-order valence-corrected chi connectivity index (χ3v) is 7.20. The van der Waals surface area contributed by atoms with Gasteiger partial charge in [-0.2, -0.15) is 13.2 Å². The van der Waals surface area contributed by atoms with Crippen molar-refractivity contribution in [1.82, 2.24) is 9.80 Å². The molecular weight excluding hydrogens is 504 g/mol. The van der Waals surface area contributed by atoms with E-state index in [1.54, 1.807) is 0 Å². The summed E-state index contributed by atoms with van der Waals surface area (Å²) in [5.74, 6) is -1.16. The number of guanidine groups is 1. The zero-order valence-corrected chi connectivity index (χ0v) is 21.3. The Bertz CT molecular complexity index is 1180.